The molecule has 1 amide bonds. The highest BCUT2D eigenvalue weighted by molar-refractivity contribution is 14.0. The minimum atomic E-state index is 0. The maximum atomic E-state index is 12.0. The Morgan fingerprint density at radius 3 is 2.66 bits per heavy atom. The van der Waals surface area contributed by atoms with Crippen molar-refractivity contribution < 1.29 is 9.53 Å². The van der Waals surface area contributed by atoms with E-state index in [0.717, 1.165) is 61.9 Å². The van der Waals surface area contributed by atoms with Crippen LogP contribution in [0, 0.1) is 0 Å². The average Bonchev–Trinajstić information content (AvgIpc) is 2.78. The van der Waals surface area contributed by atoms with Crippen LogP contribution in [0.15, 0.2) is 53.5 Å². The van der Waals surface area contributed by atoms with Crippen LogP contribution in [0.3, 0.4) is 0 Å². The molecule has 0 bridgehead atoms. The van der Waals surface area contributed by atoms with Crippen LogP contribution >= 0.6 is 24.0 Å². The summed E-state index contributed by atoms with van der Waals surface area (Å²) >= 11 is 0. The molecule has 0 fully saturated rings. The Morgan fingerprint density at radius 2 is 1.91 bits per heavy atom. The lowest BCUT2D eigenvalue weighted by Crippen LogP contribution is -2.38. The predicted molar refractivity (Wildman–Crippen MR) is 142 cm³/mol. The van der Waals surface area contributed by atoms with E-state index in [-0.39, 0.29) is 35.8 Å². The zero-order valence-corrected chi connectivity index (χ0v) is 21.4. The molecule has 3 N–H and O–H groups in total. The van der Waals surface area contributed by atoms with Crippen LogP contribution in [0.5, 0.6) is 5.75 Å². The van der Waals surface area contributed by atoms with Gasteiger partial charge in [0, 0.05) is 31.1 Å². The van der Waals surface area contributed by atoms with Gasteiger partial charge in [0.25, 0.3) is 0 Å². The molecule has 0 saturated carbocycles. The molecule has 2 aromatic rings. The highest BCUT2D eigenvalue weighted by Crippen LogP contribution is 2.31. The van der Waals surface area contributed by atoms with Crippen LogP contribution in [-0.2, 0) is 11.2 Å². The van der Waals surface area contributed by atoms with Gasteiger partial charge in [-0.15, -0.1) is 24.0 Å². The SMILES string of the molecule is CCCCOc1ccc(CCNC(=NCC2CC(=O)Nc3ccccc32)NCC)cc1.I. The van der Waals surface area contributed by atoms with Gasteiger partial charge in [-0.2, -0.15) is 0 Å². The van der Waals surface area contributed by atoms with Crippen LogP contribution in [0.4, 0.5) is 5.69 Å². The minimum Gasteiger partial charge on any atom is -0.494 e. The molecule has 0 aliphatic carbocycles. The van der Waals surface area contributed by atoms with Crippen LogP contribution in [-0.4, -0.2) is 38.1 Å². The van der Waals surface area contributed by atoms with E-state index in [9.17, 15) is 4.79 Å². The first-order valence-corrected chi connectivity index (χ1v) is 11.3. The predicted octanol–water partition coefficient (Wildman–Crippen LogP) is 4.71. The van der Waals surface area contributed by atoms with E-state index in [0.29, 0.717) is 13.0 Å². The van der Waals surface area contributed by atoms with E-state index in [1.54, 1.807) is 0 Å². The Bertz CT molecular complexity index is 871. The quantitative estimate of drug-likeness (QED) is 0.174. The topological polar surface area (TPSA) is 74.8 Å². The second-order valence-corrected chi connectivity index (χ2v) is 7.78. The van der Waals surface area contributed by atoms with Gasteiger partial charge in [0.05, 0.1) is 13.2 Å². The first-order valence-electron chi connectivity index (χ1n) is 11.3. The highest BCUT2D eigenvalue weighted by Gasteiger charge is 2.24. The number of nitrogens with one attached hydrogen (secondary N) is 3. The van der Waals surface area contributed by atoms with Crippen molar-refractivity contribution in [3.63, 3.8) is 0 Å². The number of benzene rings is 2. The van der Waals surface area contributed by atoms with Crippen molar-refractivity contribution >= 4 is 41.5 Å². The number of nitrogens with zero attached hydrogens (tertiary/aromatic N) is 1. The first kappa shape index (κ1) is 26.0. The number of ether oxygens (including phenoxy) is 1. The molecular weight excluding hydrogens is 515 g/mol. The Kier molecular flexibility index (Phi) is 11.3. The van der Waals surface area contributed by atoms with E-state index in [1.807, 2.05) is 30.3 Å². The van der Waals surface area contributed by atoms with Crippen molar-refractivity contribution in [3.8, 4) is 5.75 Å². The normalized spacial score (nSPS) is 15.2. The Morgan fingerprint density at radius 1 is 1.12 bits per heavy atom. The molecule has 32 heavy (non-hydrogen) atoms. The van der Waals surface area contributed by atoms with Gasteiger partial charge >= 0.3 is 0 Å². The van der Waals surface area contributed by atoms with Gasteiger partial charge in [-0.1, -0.05) is 43.7 Å². The molecule has 2 aromatic carbocycles. The number of carbonyl (C=O) groups excluding carboxylic acids is 1. The molecule has 0 saturated heterocycles. The molecule has 1 aliphatic rings. The first-order chi connectivity index (χ1) is 15.2. The van der Waals surface area contributed by atoms with Gasteiger partial charge in [-0.05, 0) is 49.1 Å². The number of anilines is 1. The molecule has 0 radical (unpaired) electrons. The molecule has 0 spiro atoms. The number of amides is 1. The molecule has 1 unspecified atom stereocenters. The fourth-order valence-corrected chi connectivity index (χ4v) is 3.62. The zero-order valence-electron chi connectivity index (χ0n) is 19.0. The monoisotopic (exact) mass is 550 g/mol. The Balaban J connectivity index is 0.00000363. The number of hydrogen-bond acceptors (Lipinski definition) is 3. The lowest BCUT2D eigenvalue weighted by molar-refractivity contribution is -0.116. The Labute approximate surface area is 208 Å². The van der Waals surface area contributed by atoms with Crippen molar-refractivity contribution in [2.45, 2.75) is 45.4 Å². The molecular formula is C25H35IN4O2. The highest BCUT2D eigenvalue weighted by atomic mass is 127. The number of rotatable bonds is 10. The van der Waals surface area contributed by atoms with Gasteiger partial charge in [0.1, 0.15) is 5.75 Å². The molecule has 174 valence electrons. The average molecular weight is 550 g/mol. The third kappa shape index (κ3) is 8.00. The lowest BCUT2D eigenvalue weighted by Gasteiger charge is -2.24. The van der Waals surface area contributed by atoms with E-state index in [1.165, 1.54) is 5.56 Å². The Hall–Kier alpha value is -2.29. The van der Waals surface area contributed by atoms with Crippen LogP contribution < -0.4 is 20.7 Å². The molecule has 1 atom stereocenters. The van der Waals surface area contributed by atoms with Gasteiger partial charge in [-0.25, -0.2) is 0 Å². The summed E-state index contributed by atoms with van der Waals surface area (Å²) in [5, 5.41) is 9.65. The summed E-state index contributed by atoms with van der Waals surface area (Å²) in [6.07, 6.45) is 3.58. The summed E-state index contributed by atoms with van der Waals surface area (Å²) < 4.78 is 5.72. The summed E-state index contributed by atoms with van der Waals surface area (Å²) in [5.74, 6) is 1.86. The summed E-state index contributed by atoms with van der Waals surface area (Å²) in [6.45, 7) is 7.13. The molecule has 6 nitrogen and oxygen atoms in total. The third-order valence-electron chi connectivity index (χ3n) is 5.32. The standard InChI is InChI=1S/C25H34N4O2.HI/c1-3-5-16-31-21-12-10-19(11-13-21)14-15-27-25(26-4-2)28-18-20-17-24(30)29-23-9-7-6-8-22(20)23;/h6-13,20H,3-5,14-18H2,1-2H3,(H,29,30)(H2,26,27,28);1H. The second kappa shape index (κ2) is 14.0. The smallest absolute Gasteiger partial charge is 0.225 e. The number of guanidine groups is 1. The minimum absolute atomic E-state index is 0. The van der Waals surface area contributed by atoms with Crippen molar-refractivity contribution in [3.05, 3.63) is 59.7 Å². The number of hydrogen-bond donors (Lipinski definition) is 3. The maximum absolute atomic E-state index is 12.0. The largest absolute Gasteiger partial charge is 0.494 e. The van der Waals surface area contributed by atoms with Crippen LogP contribution in [0.1, 0.15) is 50.2 Å². The number of halogens is 1. The number of carbonyl (C=O) groups is 1. The molecule has 1 aliphatic heterocycles. The van der Waals surface area contributed by atoms with Crippen molar-refractivity contribution in [2.75, 3.05) is 31.6 Å². The zero-order chi connectivity index (χ0) is 21.9. The van der Waals surface area contributed by atoms with Gasteiger partial charge in [0.2, 0.25) is 5.91 Å². The van der Waals surface area contributed by atoms with E-state index in [2.05, 4.69) is 48.0 Å². The second-order valence-electron chi connectivity index (χ2n) is 7.78. The molecule has 7 heteroatoms. The van der Waals surface area contributed by atoms with Gasteiger partial charge < -0.3 is 20.7 Å². The fourth-order valence-electron chi connectivity index (χ4n) is 3.62. The lowest BCUT2D eigenvalue weighted by atomic mass is 9.91. The van der Waals surface area contributed by atoms with Crippen molar-refractivity contribution in [1.82, 2.24) is 10.6 Å². The number of fused-ring (bicyclic) bond motifs is 1. The number of para-hydroxylation sites is 1. The summed E-state index contributed by atoms with van der Waals surface area (Å²) in [6, 6.07) is 16.3. The summed E-state index contributed by atoms with van der Waals surface area (Å²) in [4.78, 5) is 16.8. The molecule has 3 rings (SSSR count). The maximum Gasteiger partial charge on any atom is 0.225 e. The van der Waals surface area contributed by atoms with Crippen molar-refractivity contribution in [2.24, 2.45) is 4.99 Å². The molecule has 0 aromatic heterocycles. The summed E-state index contributed by atoms with van der Waals surface area (Å²) in [7, 11) is 0. The van der Waals surface area contributed by atoms with E-state index < -0.39 is 0 Å². The van der Waals surface area contributed by atoms with E-state index >= 15 is 0 Å². The van der Waals surface area contributed by atoms with E-state index in [4.69, 9.17) is 9.73 Å². The molecule has 1 heterocycles. The van der Waals surface area contributed by atoms with Gasteiger partial charge in [0.15, 0.2) is 5.96 Å². The number of aliphatic imine (C=N–C) groups is 1. The number of unbranched alkanes of at least 4 members (excludes halogenated alkanes) is 1. The summed E-state index contributed by atoms with van der Waals surface area (Å²) in [5.41, 5.74) is 3.31. The fraction of sp³-hybridized carbons (Fsp3) is 0.440. The van der Waals surface area contributed by atoms with Crippen molar-refractivity contribution in [1.29, 1.82) is 0 Å². The third-order valence-corrected chi connectivity index (χ3v) is 5.32. The van der Waals surface area contributed by atoms with Crippen LogP contribution in [0.25, 0.3) is 0 Å². The van der Waals surface area contributed by atoms with Gasteiger partial charge in [-0.3, -0.25) is 9.79 Å². The van der Waals surface area contributed by atoms with Crippen LogP contribution in [0.2, 0.25) is 0 Å².